The van der Waals surface area contributed by atoms with Crippen LogP contribution in [0.2, 0.25) is 0 Å². The minimum Gasteiger partial charge on any atom is -0.378 e. The van der Waals surface area contributed by atoms with Gasteiger partial charge in [0.1, 0.15) is 6.04 Å². The lowest BCUT2D eigenvalue weighted by Crippen LogP contribution is -2.54. The average molecular weight is 461 g/mol. The Morgan fingerprint density at radius 1 is 1.09 bits per heavy atom. The molecule has 1 fully saturated rings. The zero-order valence-corrected chi connectivity index (χ0v) is 18.1. The average Bonchev–Trinajstić information content (AvgIpc) is 3.04. The Balaban J connectivity index is 1.52. The van der Waals surface area contributed by atoms with Gasteiger partial charge in [-0.1, -0.05) is 6.07 Å². The van der Waals surface area contributed by atoms with Crippen LogP contribution in [0.25, 0.3) is 0 Å². The van der Waals surface area contributed by atoms with Crippen LogP contribution < -0.4 is 21.7 Å². The molecule has 12 heteroatoms. The first kappa shape index (κ1) is 24.5. The van der Waals surface area contributed by atoms with E-state index < -0.39 is 35.6 Å². The van der Waals surface area contributed by atoms with Crippen molar-refractivity contribution in [2.75, 3.05) is 51.4 Å². The fourth-order valence-electron chi connectivity index (χ4n) is 3.57. The third-order valence-electron chi connectivity index (χ3n) is 5.09. The Labute approximate surface area is 190 Å². The molecule has 178 valence electrons. The van der Waals surface area contributed by atoms with Gasteiger partial charge < -0.3 is 25.8 Å². The zero-order chi connectivity index (χ0) is 23.8. The van der Waals surface area contributed by atoms with Gasteiger partial charge in [0.15, 0.2) is 0 Å². The number of carbonyl (C=O) groups is 5. The molecule has 0 aromatic heterocycles. The number of fused-ring (bicyclic) bond motifs is 1. The molecule has 0 bridgehead atoms. The summed E-state index contributed by atoms with van der Waals surface area (Å²) in [6, 6.07) is 3.45. The van der Waals surface area contributed by atoms with E-state index in [0.717, 1.165) is 4.90 Å². The Hall–Kier alpha value is -3.19. The Morgan fingerprint density at radius 2 is 1.85 bits per heavy atom. The molecule has 2 aliphatic heterocycles. The molecule has 1 aromatic carbocycles. The van der Waals surface area contributed by atoms with Crippen LogP contribution in [0, 0.1) is 0 Å². The Morgan fingerprint density at radius 3 is 2.58 bits per heavy atom. The summed E-state index contributed by atoms with van der Waals surface area (Å²) in [5.74, 6) is -2.86. The highest BCUT2D eigenvalue weighted by Gasteiger charge is 2.45. The third kappa shape index (κ3) is 5.99. The summed E-state index contributed by atoms with van der Waals surface area (Å²) in [6.07, 6.45) is 0.0898. The maximum atomic E-state index is 13.0. The van der Waals surface area contributed by atoms with Gasteiger partial charge in [0.2, 0.25) is 17.7 Å². The topological polar surface area (TPSA) is 169 Å². The molecule has 2 heterocycles. The molecule has 1 atom stereocenters. The molecular weight excluding hydrogens is 434 g/mol. The highest BCUT2D eigenvalue weighted by atomic mass is 16.5. The van der Waals surface area contributed by atoms with Gasteiger partial charge in [0.05, 0.1) is 49.8 Å². The highest BCUT2D eigenvalue weighted by molar-refractivity contribution is 6.26. The lowest BCUT2D eigenvalue weighted by molar-refractivity contribution is -0.136. The van der Waals surface area contributed by atoms with Crippen molar-refractivity contribution in [2.45, 2.75) is 18.9 Å². The molecule has 0 aliphatic carbocycles. The molecular formula is C21H27N5O7. The van der Waals surface area contributed by atoms with Crippen molar-refractivity contribution in [1.82, 2.24) is 15.5 Å². The standard InChI is InChI=1S/C21H27N5O7/c22-6-8-32-10-11-33-9-7-23-12-17(28)24-14-3-1-2-13-18(14)21(31)26(20(13)30)15-4-5-16(27)25-19(15)29/h1-3,15,23H,4-12,22H2,(H,24,28)(H,25,27,29). The Kier molecular flexibility index (Phi) is 8.60. The van der Waals surface area contributed by atoms with Crippen LogP contribution in [0.15, 0.2) is 18.2 Å². The van der Waals surface area contributed by atoms with Gasteiger partial charge in [0.25, 0.3) is 11.8 Å². The first-order chi connectivity index (χ1) is 15.9. The summed E-state index contributed by atoms with van der Waals surface area (Å²) in [7, 11) is 0. The molecule has 3 rings (SSSR count). The number of nitrogens with one attached hydrogen (secondary N) is 3. The van der Waals surface area contributed by atoms with Gasteiger partial charge >= 0.3 is 0 Å². The lowest BCUT2D eigenvalue weighted by Gasteiger charge is -2.27. The molecule has 0 radical (unpaired) electrons. The number of benzene rings is 1. The minimum atomic E-state index is -1.07. The van der Waals surface area contributed by atoms with E-state index in [1.54, 1.807) is 6.07 Å². The van der Waals surface area contributed by atoms with Crippen molar-refractivity contribution in [3.63, 3.8) is 0 Å². The van der Waals surface area contributed by atoms with Crippen LogP contribution in [0.4, 0.5) is 5.69 Å². The van der Waals surface area contributed by atoms with Gasteiger partial charge in [0, 0.05) is 19.5 Å². The fourth-order valence-corrected chi connectivity index (χ4v) is 3.57. The number of rotatable bonds is 12. The lowest BCUT2D eigenvalue weighted by atomic mass is 10.0. The second kappa shape index (κ2) is 11.6. The van der Waals surface area contributed by atoms with Crippen molar-refractivity contribution in [3.05, 3.63) is 29.3 Å². The molecule has 12 nitrogen and oxygen atoms in total. The van der Waals surface area contributed by atoms with Crippen LogP contribution >= 0.6 is 0 Å². The molecule has 0 saturated carbocycles. The predicted molar refractivity (Wildman–Crippen MR) is 115 cm³/mol. The van der Waals surface area contributed by atoms with Gasteiger partial charge in [-0.05, 0) is 18.6 Å². The normalized spacial score (nSPS) is 17.8. The number of hydrogen-bond acceptors (Lipinski definition) is 9. The number of hydrogen-bond donors (Lipinski definition) is 4. The van der Waals surface area contributed by atoms with Gasteiger partial charge in [-0.25, -0.2) is 0 Å². The summed E-state index contributed by atoms with van der Waals surface area (Å²) in [5.41, 5.74) is 5.62. The summed E-state index contributed by atoms with van der Waals surface area (Å²) in [6.45, 7) is 2.57. The van der Waals surface area contributed by atoms with E-state index in [4.69, 9.17) is 15.2 Å². The number of ether oxygens (including phenoxy) is 2. The number of nitrogens with two attached hydrogens (primary N) is 1. The molecule has 1 unspecified atom stereocenters. The summed E-state index contributed by atoms with van der Waals surface area (Å²) >= 11 is 0. The van der Waals surface area contributed by atoms with E-state index in [0.29, 0.717) is 39.5 Å². The summed E-state index contributed by atoms with van der Waals surface area (Å²) < 4.78 is 10.5. The SMILES string of the molecule is NCCOCCOCCNCC(=O)Nc1cccc2c1C(=O)N(C1CCC(=O)NC1=O)C2=O. The van der Waals surface area contributed by atoms with Crippen LogP contribution in [-0.4, -0.2) is 86.5 Å². The molecule has 0 spiro atoms. The van der Waals surface area contributed by atoms with E-state index in [9.17, 15) is 24.0 Å². The number of carbonyl (C=O) groups excluding carboxylic acids is 5. The minimum absolute atomic E-state index is 0.0290. The smallest absolute Gasteiger partial charge is 0.264 e. The van der Waals surface area contributed by atoms with Crippen molar-refractivity contribution < 1.29 is 33.4 Å². The Bertz CT molecular complexity index is 936. The number of anilines is 1. The largest absolute Gasteiger partial charge is 0.378 e. The van der Waals surface area contributed by atoms with Crippen molar-refractivity contribution >= 4 is 35.2 Å². The van der Waals surface area contributed by atoms with Crippen molar-refractivity contribution in [3.8, 4) is 0 Å². The molecule has 1 aromatic rings. The maximum absolute atomic E-state index is 13.0. The van der Waals surface area contributed by atoms with E-state index in [2.05, 4.69) is 16.0 Å². The van der Waals surface area contributed by atoms with Gasteiger partial charge in [-0.15, -0.1) is 0 Å². The van der Waals surface area contributed by atoms with E-state index in [1.165, 1.54) is 12.1 Å². The summed E-state index contributed by atoms with van der Waals surface area (Å²) in [4.78, 5) is 62.6. The first-order valence-electron chi connectivity index (χ1n) is 10.6. The summed E-state index contributed by atoms with van der Waals surface area (Å²) in [5, 5.41) is 7.70. The quantitative estimate of drug-likeness (QED) is 0.216. The zero-order valence-electron chi connectivity index (χ0n) is 18.1. The fraction of sp³-hybridized carbons (Fsp3) is 0.476. The van der Waals surface area contributed by atoms with E-state index >= 15 is 0 Å². The van der Waals surface area contributed by atoms with Gasteiger partial charge in [-0.3, -0.25) is 34.2 Å². The molecule has 5 N–H and O–H groups in total. The number of amides is 5. The van der Waals surface area contributed by atoms with Crippen LogP contribution in [0.1, 0.15) is 33.6 Å². The first-order valence-corrected chi connectivity index (χ1v) is 10.6. The second-order valence-corrected chi connectivity index (χ2v) is 7.41. The number of nitrogens with zero attached hydrogens (tertiary/aromatic N) is 1. The van der Waals surface area contributed by atoms with Crippen LogP contribution in [0.3, 0.4) is 0 Å². The molecule has 5 amide bonds. The third-order valence-corrected chi connectivity index (χ3v) is 5.09. The van der Waals surface area contributed by atoms with E-state index in [1.807, 2.05) is 0 Å². The monoisotopic (exact) mass is 461 g/mol. The molecule has 1 saturated heterocycles. The van der Waals surface area contributed by atoms with Gasteiger partial charge in [-0.2, -0.15) is 0 Å². The van der Waals surface area contributed by atoms with E-state index in [-0.39, 0.29) is 36.2 Å². The van der Waals surface area contributed by atoms with Crippen molar-refractivity contribution in [2.24, 2.45) is 5.73 Å². The molecule has 2 aliphatic rings. The van der Waals surface area contributed by atoms with Crippen molar-refractivity contribution in [1.29, 1.82) is 0 Å². The second-order valence-electron chi connectivity index (χ2n) is 7.41. The number of imide groups is 2. The van der Waals surface area contributed by atoms with Crippen LogP contribution in [-0.2, 0) is 23.9 Å². The predicted octanol–water partition coefficient (Wildman–Crippen LogP) is -1.39. The molecule has 33 heavy (non-hydrogen) atoms. The maximum Gasteiger partial charge on any atom is 0.264 e. The number of piperidine rings is 1. The van der Waals surface area contributed by atoms with Crippen LogP contribution in [0.5, 0.6) is 0 Å². The highest BCUT2D eigenvalue weighted by Crippen LogP contribution is 2.32.